The lowest BCUT2D eigenvalue weighted by Crippen LogP contribution is -1.89. The molecule has 0 aliphatic carbocycles. The molecule has 0 atom stereocenters. The molecule has 94 valence electrons. The van der Waals surface area contributed by atoms with Crippen LogP contribution < -0.4 is 0 Å². The molecule has 0 radical (unpaired) electrons. The van der Waals surface area contributed by atoms with Gasteiger partial charge in [0, 0.05) is 4.91 Å². The molecule has 0 aliphatic heterocycles. The number of allylic oxidation sites excluding steroid dienone is 10. The lowest BCUT2D eigenvalue weighted by Gasteiger charge is -2.08. The average molecular weight is 256 g/mol. The third kappa shape index (κ3) is 5.12. The Balaban J connectivity index is 5.71. The van der Waals surface area contributed by atoms with E-state index in [1.165, 1.54) is 0 Å². The van der Waals surface area contributed by atoms with Crippen molar-refractivity contribution in [2.45, 2.75) is 20.8 Å². The molecular formula is C17H20S. The van der Waals surface area contributed by atoms with E-state index in [9.17, 15) is 0 Å². The van der Waals surface area contributed by atoms with E-state index in [-0.39, 0.29) is 0 Å². The number of hydrogen-bond acceptors (Lipinski definition) is 1. The molecule has 0 fully saturated rings. The topological polar surface area (TPSA) is 0 Å². The van der Waals surface area contributed by atoms with Crippen molar-refractivity contribution >= 4 is 12.6 Å². The van der Waals surface area contributed by atoms with Crippen molar-refractivity contribution in [1.82, 2.24) is 0 Å². The van der Waals surface area contributed by atoms with Crippen LogP contribution >= 0.6 is 12.6 Å². The Morgan fingerprint density at radius 3 is 2.17 bits per heavy atom. The average Bonchev–Trinajstić information content (AvgIpc) is 2.36. The molecule has 0 amide bonds. The molecule has 0 saturated carbocycles. The summed E-state index contributed by atoms with van der Waals surface area (Å²) in [5.74, 6) is 2.55. The summed E-state index contributed by atoms with van der Waals surface area (Å²) in [4.78, 5) is 0.896. The Hall–Kier alpha value is -1.65. The van der Waals surface area contributed by atoms with Crippen LogP contribution in [-0.4, -0.2) is 0 Å². The van der Waals surface area contributed by atoms with Gasteiger partial charge < -0.3 is 0 Å². The number of hydrogen-bond donors (Lipinski definition) is 1. The van der Waals surface area contributed by atoms with Crippen LogP contribution in [0.3, 0.4) is 0 Å². The van der Waals surface area contributed by atoms with Gasteiger partial charge in [0.25, 0.3) is 0 Å². The maximum absolute atomic E-state index is 5.34. The molecule has 1 heteroatoms. The predicted molar refractivity (Wildman–Crippen MR) is 86.5 cm³/mol. The van der Waals surface area contributed by atoms with Crippen LogP contribution in [0.25, 0.3) is 0 Å². The van der Waals surface area contributed by atoms with Crippen LogP contribution in [0.5, 0.6) is 0 Å². The Morgan fingerprint density at radius 2 is 1.72 bits per heavy atom. The van der Waals surface area contributed by atoms with Crippen LogP contribution in [0.4, 0.5) is 0 Å². The van der Waals surface area contributed by atoms with Gasteiger partial charge in [-0.3, -0.25) is 0 Å². The molecule has 0 saturated heterocycles. The summed E-state index contributed by atoms with van der Waals surface area (Å²) in [5, 5.41) is 0. The van der Waals surface area contributed by atoms with Gasteiger partial charge in [0.05, 0.1) is 0 Å². The van der Waals surface area contributed by atoms with Gasteiger partial charge in [-0.15, -0.1) is 19.1 Å². The largest absolute Gasteiger partial charge is 0.143 e. The van der Waals surface area contributed by atoms with Gasteiger partial charge in [-0.05, 0) is 43.6 Å². The van der Waals surface area contributed by atoms with Gasteiger partial charge >= 0.3 is 0 Å². The molecule has 0 rings (SSSR count). The monoisotopic (exact) mass is 256 g/mol. The fourth-order valence-electron chi connectivity index (χ4n) is 1.42. The highest BCUT2D eigenvalue weighted by molar-refractivity contribution is 7.84. The summed E-state index contributed by atoms with van der Waals surface area (Å²) >= 11 is 4.58. The molecule has 0 bridgehead atoms. The zero-order valence-corrected chi connectivity index (χ0v) is 12.2. The van der Waals surface area contributed by atoms with Crippen molar-refractivity contribution in [1.29, 1.82) is 0 Å². The SMILES string of the molecule is C#C/C=C(\C=C/C)C(/C)=C(S)\C(\C=C/C)=C\C=C. The standard InChI is InChI=1S/C17H20S/c1-6-10-15(11-7-2)14(5)17(18)16(12-8-3)13-9-4/h1,7-13,18H,3H2,2,4-5H3/b11-7-,13-9-,15-10+,16-12+,17-14+. The molecule has 18 heavy (non-hydrogen) atoms. The number of thiol groups is 1. The van der Waals surface area contributed by atoms with E-state index < -0.39 is 0 Å². The van der Waals surface area contributed by atoms with Crippen LogP contribution in [0.2, 0.25) is 0 Å². The first kappa shape index (κ1) is 16.4. The summed E-state index contributed by atoms with van der Waals surface area (Å²) in [7, 11) is 0. The fraction of sp³-hybridized carbons (Fsp3) is 0.176. The van der Waals surface area contributed by atoms with Crippen LogP contribution in [0, 0.1) is 12.3 Å². The minimum atomic E-state index is 0.896. The zero-order chi connectivity index (χ0) is 14.0. The molecule has 0 aromatic heterocycles. The molecule has 0 nitrogen and oxygen atoms in total. The lowest BCUT2D eigenvalue weighted by molar-refractivity contribution is 1.39. The summed E-state index contributed by atoms with van der Waals surface area (Å²) in [5.41, 5.74) is 3.05. The highest BCUT2D eigenvalue weighted by Crippen LogP contribution is 2.25. The van der Waals surface area contributed by atoms with Gasteiger partial charge in [0.15, 0.2) is 0 Å². The summed E-state index contributed by atoms with van der Waals surface area (Å²) < 4.78 is 0. The Morgan fingerprint density at radius 1 is 1.17 bits per heavy atom. The summed E-state index contributed by atoms with van der Waals surface area (Å²) in [6.07, 6.45) is 18.7. The van der Waals surface area contributed by atoms with Crippen molar-refractivity contribution < 1.29 is 0 Å². The van der Waals surface area contributed by atoms with Gasteiger partial charge in [-0.1, -0.05) is 49.0 Å². The Kier molecular flexibility index (Phi) is 8.53. The highest BCUT2D eigenvalue weighted by Gasteiger charge is 2.04. The van der Waals surface area contributed by atoms with Gasteiger partial charge in [-0.2, -0.15) is 0 Å². The van der Waals surface area contributed by atoms with Crippen molar-refractivity contribution in [3.8, 4) is 12.3 Å². The Labute approximate surface area is 117 Å². The van der Waals surface area contributed by atoms with E-state index in [0.29, 0.717) is 0 Å². The van der Waals surface area contributed by atoms with Gasteiger partial charge in [0.2, 0.25) is 0 Å². The maximum Gasteiger partial charge on any atom is 0.0148 e. The second kappa shape index (κ2) is 9.39. The molecule has 0 spiro atoms. The van der Waals surface area contributed by atoms with Crippen LogP contribution in [-0.2, 0) is 0 Å². The number of rotatable bonds is 5. The van der Waals surface area contributed by atoms with E-state index in [1.54, 1.807) is 12.2 Å². The first-order chi connectivity index (χ1) is 8.62. The lowest BCUT2D eigenvalue weighted by atomic mass is 10.0. The quantitative estimate of drug-likeness (QED) is 0.399. The van der Waals surface area contributed by atoms with Crippen molar-refractivity contribution in [2.75, 3.05) is 0 Å². The molecule has 0 N–H and O–H groups in total. The van der Waals surface area contributed by atoms with E-state index in [1.807, 2.05) is 51.2 Å². The van der Waals surface area contributed by atoms with Gasteiger partial charge in [-0.25, -0.2) is 0 Å². The van der Waals surface area contributed by atoms with E-state index in [4.69, 9.17) is 6.42 Å². The van der Waals surface area contributed by atoms with Crippen molar-refractivity contribution in [3.05, 3.63) is 70.7 Å². The van der Waals surface area contributed by atoms with Crippen LogP contribution in [0.15, 0.2) is 70.7 Å². The molecule has 0 aromatic carbocycles. The third-order valence-electron chi connectivity index (χ3n) is 2.29. The number of terminal acetylenes is 1. The van der Waals surface area contributed by atoms with Crippen molar-refractivity contribution in [2.24, 2.45) is 0 Å². The molecule has 0 heterocycles. The van der Waals surface area contributed by atoms with E-state index in [2.05, 4.69) is 25.1 Å². The first-order valence-corrected chi connectivity index (χ1v) is 6.22. The molecule has 0 unspecified atom stereocenters. The predicted octanol–water partition coefficient (Wildman–Crippen LogP) is 5.01. The molecule has 0 aliphatic rings. The van der Waals surface area contributed by atoms with Crippen molar-refractivity contribution in [3.63, 3.8) is 0 Å². The third-order valence-corrected chi connectivity index (χ3v) is 2.88. The Bertz CT molecular complexity index is 474. The molecule has 0 aromatic rings. The smallest absolute Gasteiger partial charge is 0.0148 e. The van der Waals surface area contributed by atoms with E-state index in [0.717, 1.165) is 21.6 Å². The van der Waals surface area contributed by atoms with Gasteiger partial charge in [0.1, 0.15) is 0 Å². The minimum Gasteiger partial charge on any atom is -0.143 e. The fourth-order valence-corrected chi connectivity index (χ4v) is 1.70. The minimum absolute atomic E-state index is 0.896. The van der Waals surface area contributed by atoms with Crippen LogP contribution in [0.1, 0.15) is 20.8 Å². The zero-order valence-electron chi connectivity index (χ0n) is 11.3. The first-order valence-electron chi connectivity index (χ1n) is 5.77. The summed E-state index contributed by atoms with van der Waals surface area (Å²) in [6.45, 7) is 9.65. The normalized spacial score (nSPS) is 14.8. The summed E-state index contributed by atoms with van der Waals surface area (Å²) in [6, 6.07) is 0. The highest BCUT2D eigenvalue weighted by atomic mass is 32.1. The molecular weight excluding hydrogens is 236 g/mol. The maximum atomic E-state index is 5.34. The second-order valence-electron chi connectivity index (χ2n) is 3.60. The van der Waals surface area contributed by atoms with E-state index >= 15 is 0 Å². The second-order valence-corrected chi connectivity index (χ2v) is 4.04.